The summed E-state index contributed by atoms with van der Waals surface area (Å²) in [6, 6.07) is 19.4. The van der Waals surface area contributed by atoms with E-state index in [0.717, 1.165) is 6.54 Å². The summed E-state index contributed by atoms with van der Waals surface area (Å²) < 4.78 is 0. The number of hydrogen-bond donors (Lipinski definition) is 0. The number of ketones is 1. The van der Waals surface area contributed by atoms with Crippen molar-refractivity contribution in [2.24, 2.45) is 5.41 Å². The van der Waals surface area contributed by atoms with Crippen LogP contribution in [0.2, 0.25) is 0 Å². The van der Waals surface area contributed by atoms with Crippen molar-refractivity contribution in [2.75, 3.05) is 4.90 Å². The number of rotatable bonds is 2. The molecule has 2 aliphatic rings. The number of hydrogen-bond acceptors (Lipinski definition) is 2. The summed E-state index contributed by atoms with van der Waals surface area (Å²) in [5, 5.41) is 0. The van der Waals surface area contributed by atoms with Gasteiger partial charge in [-0.1, -0.05) is 69.3 Å². The maximum Gasteiger partial charge on any atom is 0.141 e. The fraction of sp³-hybridized carbons (Fsp3) is 0.381. The molecule has 2 atom stereocenters. The van der Waals surface area contributed by atoms with Crippen molar-refractivity contribution in [3.05, 3.63) is 65.7 Å². The van der Waals surface area contributed by atoms with Crippen LogP contribution >= 0.6 is 0 Å². The Morgan fingerprint density at radius 3 is 2.39 bits per heavy atom. The van der Waals surface area contributed by atoms with E-state index < -0.39 is 0 Å². The summed E-state index contributed by atoms with van der Waals surface area (Å²) in [5.41, 5.74) is 3.53. The molecule has 23 heavy (non-hydrogen) atoms. The first-order valence-corrected chi connectivity index (χ1v) is 8.38. The summed E-state index contributed by atoms with van der Waals surface area (Å²) in [5.74, 6) is 0.387. The highest BCUT2D eigenvalue weighted by atomic mass is 16.1. The summed E-state index contributed by atoms with van der Waals surface area (Å²) in [6.45, 7) is 7.37. The van der Waals surface area contributed by atoms with Gasteiger partial charge in [0.05, 0.1) is 6.04 Å². The van der Waals surface area contributed by atoms with Gasteiger partial charge in [-0.3, -0.25) is 4.79 Å². The van der Waals surface area contributed by atoms with Crippen LogP contribution in [0.1, 0.15) is 38.3 Å². The molecule has 0 bridgehead atoms. The zero-order valence-electron chi connectivity index (χ0n) is 14.0. The minimum atomic E-state index is -0.317. The first kappa shape index (κ1) is 14.5. The fourth-order valence-corrected chi connectivity index (χ4v) is 4.89. The molecule has 2 aromatic carbocycles. The third kappa shape index (κ3) is 1.90. The average molecular weight is 305 g/mol. The van der Waals surface area contributed by atoms with Gasteiger partial charge in [0.25, 0.3) is 0 Å². The molecule has 0 saturated heterocycles. The van der Waals surface area contributed by atoms with Gasteiger partial charge in [0, 0.05) is 29.5 Å². The number of anilines is 1. The Bertz CT molecular complexity index is 764. The van der Waals surface area contributed by atoms with E-state index in [-0.39, 0.29) is 16.9 Å². The van der Waals surface area contributed by atoms with Crippen LogP contribution in [0.3, 0.4) is 0 Å². The normalized spacial score (nSPS) is 27.9. The van der Waals surface area contributed by atoms with Crippen LogP contribution in [0.25, 0.3) is 0 Å². The topological polar surface area (TPSA) is 20.3 Å². The fourth-order valence-electron chi connectivity index (χ4n) is 4.89. The van der Waals surface area contributed by atoms with Gasteiger partial charge < -0.3 is 4.90 Å². The Balaban J connectivity index is 1.85. The smallest absolute Gasteiger partial charge is 0.141 e. The highest BCUT2D eigenvalue weighted by Crippen LogP contribution is 2.58. The second-order valence-corrected chi connectivity index (χ2v) is 7.77. The number of Topliss-reactive ketones (excluding diaryl/α,β-unsaturated/α-hetero) is 1. The minimum absolute atomic E-state index is 0.0774. The third-order valence-electron chi connectivity index (χ3n) is 5.87. The standard InChI is InChI=1S/C21H23NO/c1-20(2)18(23)13-21(3)16-11-7-8-12-17(16)22(19(20)21)14-15-9-5-4-6-10-15/h4-12,19H,13-14H2,1-3H3. The van der Waals surface area contributed by atoms with Crippen molar-refractivity contribution >= 4 is 11.5 Å². The quantitative estimate of drug-likeness (QED) is 0.823. The Morgan fingerprint density at radius 1 is 1.00 bits per heavy atom. The van der Waals surface area contributed by atoms with Crippen LogP contribution < -0.4 is 4.90 Å². The van der Waals surface area contributed by atoms with E-state index in [1.165, 1.54) is 16.8 Å². The molecule has 1 aliphatic heterocycles. The molecule has 0 aromatic heterocycles. The van der Waals surface area contributed by atoms with Gasteiger partial charge in [0.1, 0.15) is 5.78 Å². The van der Waals surface area contributed by atoms with Crippen molar-refractivity contribution in [3.8, 4) is 0 Å². The zero-order valence-corrected chi connectivity index (χ0v) is 14.0. The molecule has 2 heteroatoms. The summed E-state index contributed by atoms with van der Waals surface area (Å²) >= 11 is 0. The maximum absolute atomic E-state index is 12.7. The van der Waals surface area contributed by atoms with Gasteiger partial charge >= 0.3 is 0 Å². The Kier molecular flexibility index (Phi) is 2.96. The second-order valence-electron chi connectivity index (χ2n) is 7.77. The molecule has 2 unspecified atom stereocenters. The molecule has 118 valence electrons. The van der Waals surface area contributed by atoms with Crippen LogP contribution in [0.4, 0.5) is 5.69 Å². The molecule has 1 saturated carbocycles. The molecule has 2 aromatic rings. The monoisotopic (exact) mass is 305 g/mol. The lowest BCUT2D eigenvalue weighted by molar-refractivity contribution is -0.124. The lowest BCUT2D eigenvalue weighted by Gasteiger charge is -2.38. The van der Waals surface area contributed by atoms with E-state index in [9.17, 15) is 4.79 Å². The number of carbonyl (C=O) groups excluding carboxylic acids is 1. The van der Waals surface area contributed by atoms with Crippen molar-refractivity contribution in [1.82, 2.24) is 0 Å². The Hall–Kier alpha value is -2.09. The van der Waals surface area contributed by atoms with Gasteiger partial charge in [-0.2, -0.15) is 0 Å². The maximum atomic E-state index is 12.7. The molecule has 0 amide bonds. The molecule has 0 spiro atoms. The number of benzene rings is 2. The largest absolute Gasteiger partial charge is 0.362 e. The summed E-state index contributed by atoms with van der Waals surface area (Å²) in [7, 11) is 0. The van der Waals surface area contributed by atoms with Crippen LogP contribution in [0.15, 0.2) is 54.6 Å². The van der Waals surface area contributed by atoms with E-state index in [0.29, 0.717) is 12.2 Å². The van der Waals surface area contributed by atoms with Crippen LogP contribution in [0, 0.1) is 5.41 Å². The van der Waals surface area contributed by atoms with E-state index in [1.54, 1.807) is 0 Å². The number of fused-ring (bicyclic) bond motifs is 3. The Labute approximate surface area is 138 Å². The highest BCUT2D eigenvalue weighted by molar-refractivity contribution is 5.93. The molecule has 1 heterocycles. The SMILES string of the molecule is CC1(C)C(=O)CC2(C)c3ccccc3N(Cc3ccccc3)C12. The van der Waals surface area contributed by atoms with E-state index in [4.69, 9.17) is 0 Å². The molecule has 1 aliphatic carbocycles. The second kappa shape index (κ2) is 4.70. The number of nitrogens with zero attached hydrogens (tertiary/aromatic N) is 1. The third-order valence-corrected chi connectivity index (χ3v) is 5.87. The van der Waals surface area contributed by atoms with E-state index in [1.807, 2.05) is 0 Å². The molecule has 0 radical (unpaired) electrons. The van der Waals surface area contributed by atoms with E-state index in [2.05, 4.69) is 80.3 Å². The highest BCUT2D eigenvalue weighted by Gasteiger charge is 2.62. The van der Waals surface area contributed by atoms with Crippen molar-refractivity contribution in [2.45, 2.75) is 45.2 Å². The number of carbonyl (C=O) groups is 1. The summed E-state index contributed by atoms with van der Waals surface area (Å²) in [6.07, 6.45) is 0.646. The van der Waals surface area contributed by atoms with Crippen LogP contribution in [-0.4, -0.2) is 11.8 Å². The molecule has 4 rings (SSSR count). The van der Waals surface area contributed by atoms with Crippen molar-refractivity contribution in [1.29, 1.82) is 0 Å². The molecule has 2 nitrogen and oxygen atoms in total. The predicted octanol–water partition coefficient (Wildman–Crippen LogP) is 4.33. The van der Waals surface area contributed by atoms with Crippen molar-refractivity contribution < 1.29 is 4.79 Å². The van der Waals surface area contributed by atoms with Gasteiger partial charge in [-0.05, 0) is 17.2 Å². The average Bonchev–Trinajstić information content (AvgIpc) is 2.88. The van der Waals surface area contributed by atoms with Crippen molar-refractivity contribution in [3.63, 3.8) is 0 Å². The first-order chi connectivity index (χ1) is 10.9. The number of para-hydroxylation sites is 1. The lowest BCUT2D eigenvalue weighted by atomic mass is 9.75. The van der Waals surface area contributed by atoms with Crippen LogP contribution in [0.5, 0.6) is 0 Å². The molecule has 0 N–H and O–H groups in total. The lowest BCUT2D eigenvalue weighted by Crippen LogP contribution is -2.47. The predicted molar refractivity (Wildman–Crippen MR) is 93.6 cm³/mol. The first-order valence-electron chi connectivity index (χ1n) is 8.38. The van der Waals surface area contributed by atoms with Gasteiger partial charge in [-0.15, -0.1) is 0 Å². The van der Waals surface area contributed by atoms with E-state index >= 15 is 0 Å². The van der Waals surface area contributed by atoms with Gasteiger partial charge in [0.2, 0.25) is 0 Å². The zero-order chi connectivity index (χ0) is 16.2. The molecule has 1 fully saturated rings. The van der Waals surface area contributed by atoms with Gasteiger partial charge in [0.15, 0.2) is 0 Å². The minimum Gasteiger partial charge on any atom is -0.362 e. The Morgan fingerprint density at radius 2 is 1.65 bits per heavy atom. The van der Waals surface area contributed by atoms with Gasteiger partial charge in [-0.25, -0.2) is 0 Å². The van der Waals surface area contributed by atoms with Crippen LogP contribution in [-0.2, 0) is 16.8 Å². The molecular formula is C21H23NO. The molecular weight excluding hydrogens is 282 g/mol. The summed E-state index contributed by atoms with van der Waals surface area (Å²) in [4.78, 5) is 15.2.